The molecule has 0 aliphatic rings. The number of aromatic nitrogens is 3. The Bertz CT molecular complexity index is 1040. The Kier molecular flexibility index (Phi) is 5.07. The summed E-state index contributed by atoms with van der Waals surface area (Å²) in [5.74, 6) is 1.73. The monoisotopic (exact) mass is 371 g/mol. The lowest BCUT2D eigenvalue weighted by Crippen LogP contribution is -2.00. The number of hydrogen-bond donors (Lipinski definition) is 0. The Morgan fingerprint density at radius 3 is 2.30 bits per heavy atom. The molecule has 0 amide bonds. The van der Waals surface area contributed by atoms with Crippen molar-refractivity contribution in [1.82, 2.24) is 14.8 Å². The molecule has 1 heterocycles. The van der Waals surface area contributed by atoms with E-state index in [1.165, 1.54) is 16.7 Å². The van der Waals surface area contributed by atoms with Crippen molar-refractivity contribution in [3.05, 3.63) is 95.6 Å². The highest BCUT2D eigenvalue weighted by Crippen LogP contribution is 2.30. The van der Waals surface area contributed by atoms with Gasteiger partial charge in [-0.05, 0) is 37.6 Å². The second-order valence-corrected chi connectivity index (χ2v) is 7.56. The normalized spacial score (nSPS) is 10.9. The van der Waals surface area contributed by atoms with E-state index >= 15 is 0 Å². The van der Waals surface area contributed by atoms with Crippen molar-refractivity contribution in [2.24, 2.45) is 0 Å². The third-order valence-electron chi connectivity index (χ3n) is 4.41. The topological polar surface area (TPSA) is 30.7 Å². The van der Waals surface area contributed by atoms with Crippen LogP contribution in [-0.2, 0) is 5.75 Å². The molecule has 0 spiro atoms. The van der Waals surface area contributed by atoms with Gasteiger partial charge in [0.1, 0.15) is 0 Å². The zero-order valence-corrected chi connectivity index (χ0v) is 16.3. The molecular weight excluding hydrogens is 350 g/mol. The van der Waals surface area contributed by atoms with Crippen LogP contribution in [0.3, 0.4) is 0 Å². The average Bonchev–Trinajstić information content (AvgIpc) is 3.12. The van der Waals surface area contributed by atoms with E-state index in [2.05, 4.69) is 101 Å². The van der Waals surface area contributed by atoms with Gasteiger partial charge in [0.15, 0.2) is 11.0 Å². The Morgan fingerprint density at radius 2 is 1.56 bits per heavy atom. The van der Waals surface area contributed by atoms with Crippen molar-refractivity contribution in [2.45, 2.75) is 24.8 Å². The number of thioether (sulfide) groups is 1. The Hall–Kier alpha value is -2.85. The van der Waals surface area contributed by atoms with E-state index in [9.17, 15) is 0 Å². The van der Waals surface area contributed by atoms with Crippen LogP contribution in [0, 0.1) is 13.8 Å². The summed E-state index contributed by atoms with van der Waals surface area (Å²) in [7, 11) is 0. The summed E-state index contributed by atoms with van der Waals surface area (Å²) < 4.78 is 2.15. The number of hydrogen-bond acceptors (Lipinski definition) is 3. The largest absolute Gasteiger partial charge is 0.270 e. The minimum absolute atomic E-state index is 0.860. The first kappa shape index (κ1) is 17.6. The number of rotatable bonds is 5. The first-order valence-corrected chi connectivity index (χ1v) is 9.95. The molecule has 0 aliphatic carbocycles. The van der Waals surface area contributed by atoms with Gasteiger partial charge in [0.05, 0.1) is 0 Å². The van der Waals surface area contributed by atoms with Crippen LogP contribution >= 0.6 is 11.8 Å². The molecule has 3 nitrogen and oxygen atoms in total. The predicted molar refractivity (Wildman–Crippen MR) is 112 cm³/mol. The van der Waals surface area contributed by atoms with Crippen LogP contribution in [0.15, 0.2) is 84.0 Å². The van der Waals surface area contributed by atoms with E-state index in [-0.39, 0.29) is 0 Å². The summed E-state index contributed by atoms with van der Waals surface area (Å²) in [5.41, 5.74) is 5.89. The van der Waals surface area contributed by atoms with E-state index < -0.39 is 0 Å². The van der Waals surface area contributed by atoms with Gasteiger partial charge < -0.3 is 0 Å². The van der Waals surface area contributed by atoms with Crippen molar-refractivity contribution in [3.63, 3.8) is 0 Å². The van der Waals surface area contributed by atoms with E-state index in [0.29, 0.717) is 0 Å². The van der Waals surface area contributed by atoms with Crippen molar-refractivity contribution < 1.29 is 0 Å². The maximum Gasteiger partial charge on any atom is 0.196 e. The Morgan fingerprint density at radius 1 is 0.778 bits per heavy atom. The third kappa shape index (κ3) is 3.96. The van der Waals surface area contributed by atoms with Crippen LogP contribution in [0.25, 0.3) is 17.1 Å². The Labute approximate surface area is 164 Å². The molecule has 0 atom stereocenters. The van der Waals surface area contributed by atoms with Crippen molar-refractivity contribution in [1.29, 1.82) is 0 Å². The second-order valence-electron chi connectivity index (χ2n) is 6.62. The molecule has 0 unspecified atom stereocenters. The van der Waals surface area contributed by atoms with Gasteiger partial charge in [-0.1, -0.05) is 83.6 Å². The summed E-state index contributed by atoms with van der Waals surface area (Å²) in [6.45, 7) is 4.20. The molecule has 4 rings (SSSR count). The summed E-state index contributed by atoms with van der Waals surface area (Å²) in [6, 6.07) is 27.4. The predicted octanol–water partition coefficient (Wildman–Crippen LogP) is 5.84. The van der Waals surface area contributed by atoms with Gasteiger partial charge in [0.2, 0.25) is 0 Å². The fourth-order valence-corrected chi connectivity index (χ4v) is 3.89. The summed E-state index contributed by atoms with van der Waals surface area (Å²) in [6.07, 6.45) is 0. The van der Waals surface area contributed by atoms with Gasteiger partial charge in [0, 0.05) is 17.0 Å². The third-order valence-corrected chi connectivity index (χ3v) is 5.41. The summed E-state index contributed by atoms with van der Waals surface area (Å²) >= 11 is 1.71. The highest BCUT2D eigenvalue weighted by Gasteiger charge is 2.16. The lowest BCUT2D eigenvalue weighted by atomic mass is 10.1. The van der Waals surface area contributed by atoms with E-state index in [1.54, 1.807) is 11.8 Å². The molecular formula is C23H21N3S. The number of aryl methyl sites for hydroxylation is 2. The van der Waals surface area contributed by atoms with E-state index in [4.69, 9.17) is 0 Å². The summed E-state index contributed by atoms with van der Waals surface area (Å²) in [4.78, 5) is 0. The smallest absolute Gasteiger partial charge is 0.196 e. The molecule has 0 aliphatic heterocycles. The molecule has 4 heteroatoms. The molecule has 0 radical (unpaired) electrons. The van der Waals surface area contributed by atoms with Crippen molar-refractivity contribution in [2.75, 3.05) is 0 Å². The zero-order chi connectivity index (χ0) is 18.6. The van der Waals surface area contributed by atoms with Crippen LogP contribution < -0.4 is 0 Å². The molecule has 0 bridgehead atoms. The standard InChI is InChI=1S/C23H21N3S/c1-17-11-13-21(14-12-17)26-22(20-10-6-7-18(2)15-20)24-25-23(26)27-16-19-8-4-3-5-9-19/h3-15H,16H2,1-2H3. The Balaban J connectivity index is 1.75. The van der Waals surface area contributed by atoms with Gasteiger partial charge in [-0.25, -0.2) is 0 Å². The lowest BCUT2D eigenvalue weighted by molar-refractivity contribution is 0.885. The number of benzene rings is 3. The van der Waals surface area contributed by atoms with Gasteiger partial charge in [-0.2, -0.15) is 0 Å². The fourth-order valence-electron chi connectivity index (χ4n) is 2.98. The van der Waals surface area contributed by atoms with Crippen LogP contribution in [0.1, 0.15) is 16.7 Å². The van der Waals surface area contributed by atoms with Crippen LogP contribution in [0.4, 0.5) is 0 Å². The molecule has 0 saturated carbocycles. The van der Waals surface area contributed by atoms with Crippen LogP contribution in [0.5, 0.6) is 0 Å². The molecule has 1 aromatic heterocycles. The molecule has 3 aromatic carbocycles. The van der Waals surface area contributed by atoms with Gasteiger partial charge in [-0.3, -0.25) is 4.57 Å². The van der Waals surface area contributed by atoms with E-state index in [0.717, 1.165) is 28.0 Å². The van der Waals surface area contributed by atoms with Crippen molar-refractivity contribution in [3.8, 4) is 17.1 Å². The van der Waals surface area contributed by atoms with Gasteiger partial charge in [-0.15, -0.1) is 10.2 Å². The van der Waals surface area contributed by atoms with Gasteiger partial charge >= 0.3 is 0 Å². The zero-order valence-electron chi connectivity index (χ0n) is 15.5. The lowest BCUT2D eigenvalue weighted by Gasteiger charge is -2.11. The molecule has 134 valence electrons. The maximum absolute atomic E-state index is 4.53. The molecule has 0 N–H and O–H groups in total. The fraction of sp³-hybridized carbons (Fsp3) is 0.130. The second kappa shape index (κ2) is 7.80. The first-order valence-electron chi connectivity index (χ1n) is 8.97. The average molecular weight is 372 g/mol. The highest BCUT2D eigenvalue weighted by molar-refractivity contribution is 7.98. The molecule has 27 heavy (non-hydrogen) atoms. The number of nitrogens with zero attached hydrogens (tertiary/aromatic N) is 3. The van der Waals surface area contributed by atoms with Crippen LogP contribution in [0.2, 0.25) is 0 Å². The van der Waals surface area contributed by atoms with Crippen LogP contribution in [-0.4, -0.2) is 14.8 Å². The minimum atomic E-state index is 0.860. The quantitative estimate of drug-likeness (QED) is 0.413. The molecule has 0 saturated heterocycles. The SMILES string of the molecule is Cc1ccc(-n2c(SCc3ccccc3)nnc2-c2cccc(C)c2)cc1. The molecule has 0 fully saturated rings. The minimum Gasteiger partial charge on any atom is -0.270 e. The maximum atomic E-state index is 4.53. The first-order chi connectivity index (χ1) is 13.2. The van der Waals surface area contributed by atoms with Crippen molar-refractivity contribution >= 4 is 11.8 Å². The highest BCUT2D eigenvalue weighted by atomic mass is 32.2. The van der Waals surface area contributed by atoms with E-state index in [1.807, 2.05) is 6.07 Å². The summed E-state index contributed by atoms with van der Waals surface area (Å²) in [5, 5.41) is 9.94. The molecule has 4 aromatic rings. The van der Waals surface area contributed by atoms with Gasteiger partial charge in [0.25, 0.3) is 0 Å².